The van der Waals surface area contributed by atoms with Crippen molar-refractivity contribution in [1.29, 1.82) is 0 Å². The van der Waals surface area contributed by atoms with E-state index in [1.807, 2.05) is 36.6 Å². The molecule has 3 N–H and O–H groups in total. The van der Waals surface area contributed by atoms with E-state index in [0.29, 0.717) is 5.95 Å². The first kappa shape index (κ1) is 14.1. The van der Waals surface area contributed by atoms with Crippen molar-refractivity contribution in [2.75, 3.05) is 11.6 Å². The molecule has 0 aliphatic carbocycles. The lowest BCUT2D eigenvalue weighted by Gasteiger charge is -2.06. The van der Waals surface area contributed by atoms with Crippen molar-refractivity contribution in [2.24, 2.45) is 5.73 Å². The Morgan fingerprint density at radius 2 is 2.25 bits per heavy atom. The fraction of sp³-hybridized carbons (Fsp3) is 0.0714. The van der Waals surface area contributed by atoms with E-state index >= 15 is 0 Å². The number of anilines is 2. The third-order valence-electron chi connectivity index (χ3n) is 2.42. The number of amides is 1. The molecule has 0 unspecified atom stereocenters. The Morgan fingerprint density at radius 3 is 3.00 bits per heavy atom. The van der Waals surface area contributed by atoms with Gasteiger partial charge in [-0.3, -0.25) is 4.79 Å². The van der Waals surface area contributed by atoms with Gasteiger partial charge in [-0.05, 0) is 36.1 Å². The molecule has 0 atom stereocenters. The molecule has 0 bridgehead atoms. The Labute approximate surface area is 121 Å². The van der Waals surface area contributed by atoms with Gasteiger partial charge < -0.3 is 11.1 Å². The quantitative estimate of drug-likeness (QED) is 0.501. The van der Waals surface area contributed by atoms with Crippen LogP contribution in [0, 0.1) is 0 Å². The van der Waals surface area contributed by atoms with E-state index in [1.165, 1.54) is 6.08 Å². The minimum Gasteiger partial charge on any atom is -0.366 e. The van der Waals surface area contributed by atoms with Crippen LogP contribution in [0.5, 0.6) is 0 Å². The zero-order chi connectivity index (χ0) is 14.4. The maximum atomic E-state index is 10.7. The molecule has 0 radical (unpaired) electrons. The topological polar surface area (TPSA) is 80.9 Å². The molecule has 0 aliphatic heterocycles. The van der Waals surface area contributed by atoms with Crippen LogP contribution in [0.3, 0.4) is 0 Å². The average molecular weight is 286 g/mol. The third kappa shape index (κ3) is 4.10. The van der Waals surface area contributed by atoms with Gasteiger partial charge in [-0.15, -0.1) is 11.8 Å². The lowest BCUT2D eigenvalue weighted by Crippen LogP contribution is -2.05. The summed E-state index contributed by atoms with van der Waals surface area (Å²) in [5.74, 6) is 0.0623. The van der Waals surface area contributed by atoms with Crippen LogP contribution >= 0.6 is 11.8 Å². The number of nitrogens with one attached hydrogen (secondary N) is 1. The Hall–Kier alpha value is -2.34. The van der Waals surface area contributed by atoms with Gasteiger partial charge in [0, 0.05) is 18.0 Å². The van der Waals surface area contributed by atoms with Gasteiger partial charge in [0.1, 0.15) is 5.03 Å². The number of nitrogens with two attached hydrogens (primary N) is 1. The Bertz CT molecular complexity index is 643. The molecular weight excluding hydrogens is 272 g/mol. The van der Waals surface area contributed by atoms with Crippen LogP contribution in [-0.2, 0) is 4.79 Å². The summed E-state index contributed by atoms with van der Waals surface area (Å²) in [6.45, 7) is 0. The van der Waals surface area contributed by atoms with Crippen LogP contribution in [0.4, 0.5) is 11.6 Å². The van der Waals surface area contributed by atoms with Crippen LogP contribution in [0.15, 0.2) is 47.6 Å². The number of hydrogen-bond acceptors (Lipinski definition) is 5. The zero-order valence-electron chi connectivity index (χ0n) is 10.9. The number of carbonyl (C=O) groups excluding carboxylic acids is 1. The van der Waals surface area contributed by atoms with E-state index in [-0.39, 0.29) is 0 Å². The molecule has 1 aromatic carbocycles. The van der Waals surface area contributed by atoms with E-state index in [4.69, 9.17) is 5.73 Å². The lowest BCUT2D eigenvalue weighted by atomic mass is 10.2. The molecule has 1 amide bonds. The number of rotatable bonds is 5. The first-order valence-corrected chi connectivity index (χ1v) is 7.11. The zero-order valence-corrected chi connectivity index (χ0v) is 11.7. The second-order valence-electron chi connectivity index (χ2n) is 3.91. The largest absolute Gasteiger partial charge is 0.366 e. The Balaban J connectivity index is 2.16. The SMILES string of the molecule is CSc1ccnc(Nc2cccc(C=CC(N)=O)c2)n1. The molecule has 102 valence electrons. The maximum absolute atomic E-state index is 10.7. The van der Waals surface area contributed by atoms with Gasteiger partial charge in [0.2, 0.25) is 11.9 Å². The summed E-state index contributed by atoms with van der Waals surface area (Å²) in [5.41, 5.74) is 6.78. The van der Waals surface area contributed by atoms with Crippen LogP contribution < -0.4 is 11.1 Å². The highest BCUT2D eigenvalue weighted by atomic mass is 32.2. The normalized spacial score (nSPS) is 10.7. The minimum atomic E-state index is -0.473. The molecule has 0 aliphatic rings. The van der Waals surface area contributed by atoms with Gasteiger partial charge in [0.05, 0.1) is 0 Å². The van der Waals surface area contributed by atoms with Gasteiger partial charge in [0.25, 0.3) is 0 Å². The summed E-state index contributed by atoms with van der Waals surface area (Å²) >= 11 is 1.55. The molecule has 0 saturated heterocycles. The van der Waals surface area contributed by atoms with Gasteiger partial charge >= 0.3 is 0 Å². The molecule has 1 aromatic heterocycles. The summed E-state index contributed by atoms with van der Waals surface area (Å²) in [6, 6.07) is 9.39. The number of thioether (sulfide) groups is 1. The van der Waals surface area contributed by atoms with Crippen molar-refractivity contribution in [1.82, 2.24) is 9.97 Å². The summed E-state index contributed by atoms with van der Waals surface area (Å²) < 4.78 is 0. The van der Waals surface area contributed by atoms with Crippen LogP contribution in [0.25, 0.3) is 6.08 Å². The number of carbonyl (C=O) groups is 1. The summed E-state index contributed by atoms with van der Waals surface area (Å²) in [5, 5.41) is 4.02. The average Bonchev–Trinajstić information content (AvgIpc) is 2.46. The summed E-state index contributed by atoms with van der Waals surface area (Å²) in [7, 11) is 0. The van der Waals surface area contributed by atoms with E-state index in [2.05, 4.69) is 15.3 Å². The fourth-order valence-corrected chi connectivity index (χ4v) is 1.92. The van der Waals surface area contributed by atoms with E-state index in [1.54, 1.807) is 24.0 Å². The molecule has 6 heteroatoms. The number of primary amides is 1. The van der Waals surface area contributed by atoms with Crippen LogP contribution in [-0.4, -0.2) is 22.1 Å². The molecule has 2 aromatic rings. The van der Waals surface area contributed by atoms with E-state index < -0.39 is 5.91 Å². The highest BCUT2D eigenvalue weighted by Gasteiger charge is 2.00. The Morgan fingerprint density at radius 1 is 1.40 bits per heavy atom. The van der Waals surface area contributed by atoms with Gasteiger partial charge in [-0.25, -0.2) is 9.97 Å². The number of aromatic nitrogens is 2. The predicted octanol–water partition coefficient (Wildman–Crippen LogP) is 2.44. The third-order valence-corrected chi connectivity index (χ3v) is 3.07. The first-order valence-electron chi connectivity index (χ1n) is 5.89. The summed E-state index contributed by atoms with van der Waals surface area (Å²) in [4.78, 5) is 19.2. The van der Waals surface area contributed by atoms with Crippen molar-refractivity contribution in [3.05, 3.63) is 48.2 Å². The molecule has 1 heterocycles. The molecule has 0 spiro atoms. The molecule has 20 heavy (non-hydrogen) atoms. The fourth-order valence-electron chi connectivity index (χ4n) is 1.54. The first-order chi connectivity index (χ1) is 9.67. The second kappa shape index (κ2) is 6.72. The number of benzene rings is 1. The van der Waals surface area contributed by atoms with Crippen molar-refractivity contribution in [3.63, 3.8) is 0 Å². The van der Waals surface area contributed by atoms with Gasteiger partial charge in [-0.1, -0.05) is 12.1 Å². The predicted molar refractivity (Wildman–Crippen MR) is 81.8 cm³/mol. The van der Waals surface area contributed by atoms with Crippen molar-refractivity contribution in [2.45, 2.75) is 5.03 Å². The molecular formula is C14H14N4OS. The lowest BCUT2D eigenvalue weighted by molar-refractivity contribution is -0.113. The van der Waals surface area contributed by atoms with Crippen LogP contribution in [0.2, 0.25) is 0 Å². The van der Waals surface area contributed by atoms with Crippen LogP contribution in [0.1, 0.15) is 5.56 Å². The smallest absolute Gasteiger partial charge is 0.241 e. The maximum Gasteiger partial charge on any atom is 0.241 e. The van der Waals surface area contributed by atoms with Crippen molar-refractivity contribution in [3.8, 4) is 0 Å². The standard InChI is InChI=1S/C14H14N4OS/c1-20-13-7-8-16-14(18-13)17-11-4-2-3-10(9-11)5-6-12(15)19/h2-9H,1H3,(H2,15,19)(H,16,17,18). The molecule has 0 saturated carbocycles. The Kier molecular flexibility index (Phi) is 4.73. The van der Waals surface area contributed by atoms with E-state index in [9.17, 15) is 4.79 Å². The van der Waals surface area contributed by atoms with Gasteiger partial charge in [0.15, 0.2) is 0 Å². The van der Waals surface area contributed by atoms with E-state index in [0.717, 1.165) is 16.3 Å². The second-order valence-corrected chi connectivity index (χ2v) is 4.74. The minimum absolute atomic E-state index is 0.473. The molecule has 0 fully saturated rings. The monoisotopic (exact) mass is 286 g/mol. The summed E-state index contributed by atoms with van der Waals surface area (Å²) in [6.07, 6.45) is 6.65. The van der Waals surface area contributed by atoms with Crippen molar-refractivity contribution >= 4 is 35.4 Å². The van der Waals surface area contributed by atoms with Gasteiger partial charge in [-0.2, -0.15) is 0 Å². The highest BCUT2D eigenvalue weighted by Crippen LogP contribution is 2.17. The van der Waals surface area contributed by atoms with Crippen molar-refractivity contribution < 1.29 is 4.79 Å². The number of hydrogen-bond donors (Lipinski definition) is 2. The molecule has 2 rings (SSSR count). The molecule has 5 nitrogen and oxygen atoms in total. The number of nitrogens with zero attached hydrogens (tertiary/aromatic N) is 2. The highest BCUT2D eigenvalue weighted by molar-refractivity contribution is 7.98.